The van der Waals surface area contributed by atoms with Gasteiger partial charge in [-0.2, -0.15) is 0 Å². The van der Waals surface area contributed by atoms with Gasteiger partial charge in [-0.15, -0.1) is 0 Å². The highest BCUT2D eigenvalue weighted by Crippen LogP contribution is 2.24. The number of rotatable bonds is 1. The fraction of sp³-hybridized carbons (Fsp3) is 0.250. The molecular weight excluding hydrogens is 234 g/mol. The molecule has 2 aromatic heterocycles. The number of hydrogen-bond donors (Lipinski definition) is 1. The first-order valence-corrected chi connectivity index (χ1v) is 6.46. The van der Waals surface area contributed by atoms with Crippen LogP contribution in [0.15, 0.2) is 42.6 Å². The van der Waals surface area contributed by atoms with Crippen LogP contribution >= 0.6 is 0 Å². The van der Waals surface area contributed by atoms with Crippen LogP contribution in [-0.4, -0.2) is 15.5 Å². The SMILES string of the molecule is CC(C)(C)Nc1ccc2ccc3cccnc3c2n1. The van der Waals surface area contributed by atoms with Crippen molar-refractivity contribution < 1.29 is 0 Å². The second-order valence-electron chi connectivity index (χ2n) is 5.78. The van der Waals surface area contributed by atoms with Gasteiger partial charge in [0.1, 0.15) is 5.82 Å². The Hall–Kier alpha value is -2.16. The molecule has 0 aliphatic rings. The van der Waals surface area contributed by atoms with Crippen molar-refractivity contribution in [3.05, 3.63) is 42.6 Å². The first-order chi connectivity index (χ1) is 9.03. The first-order valence-electron chi connectivity index (χ1n) is 6.46. The van der Waals surface area contributed by atoms with Crippen LogP contribution in [0.4, 0.5) is 5.82 Å². The van der Waals surface area contributed by atoms with Crippen molar-refractivity contribution in [3.8, 4) is 0 Å². The highest BCUT2D eigenvalue weighted by Gasteiger charge is 2.11. The molecule has 1 aromatic carbocycles. The quantitative estimate of drug-likeness (QED) is 0.664. The molecule has 0 saturated heterocycles. The van der Waals surface area contributed by atoms with Crippen LogP contribution in [0.2, 0.25) is 0 Å². The van der Waals surface area contributed by atoms with Gasteiger partial charge in [-0.1, -0.05) is 18.2 Å². The van der Waals surface area contributed by atoms with Gasteiger partial charge in [0.15, 0.2) is 0 Å². The molecule has 2 heterocycles. The van der Waals surface area contributed by atoms with E-state index < -0.39 is 0 Å². The molecule has 96 valence electrons. The maximum absolute atomic E-state index is 4.72. The molecule has 0 aliphatic heterocycles. The zero-order valence-electron chi connectivity index (χ0n) is 11.4. The molecule has 1 N–H and O–H groups in total. The predicted octanol–water partition coefficient (Wildman–Crippen LogP) is 3.99. The summed E-state index contributed by atoms with van der Waals surface area (Å²) in [5.41, 5.74) is 1.91. The molecule has 3 nitrogen and oxygen atoms in total. The average molecular weight is 251 g/mol. The van der Waals surface area contributed by atoms with Gasteiger partial charge in [-0.05, 0) is 39.0 Å². The van der Waals surface area contributed by atoms with Gasteiger partial charge in [0.2, 0.25) is 0 Å². The Kier molecular flexibility index (Phi) is 2.63. The third-order valence-corrected chi connectivity index (χ3v) is 2.94. The summed E-state index contributed by atoms with van der Waals surface area (Å²) in [4.78, 5) is 9.17. The normalized spacial score (nSPS) is 11.9. The Bertz CT molecular complexity index is 742. The molecule has 0 amide bonds. The average Bonchev–Trinajstić information content (AvgIpc) is 2.37. The second-order valence-corrected chi connectivity index (χ2v) is 5.78. The van der Waals surface area contributed by atoms with Crippen LogP contribution in [0.3, 0.4) is 0 Å². The second kappa shape index (κ2) is 4.19. The smallest absolute Gasteiger partial charge is 0.127 e. The number of anilines is 1. The van der Waals surface area contributed by atoms with Gasteiger partial charge >= 0.3 is 0 Å². The molecule has 0 aliphatic carbocycles. The Balaban J connectivity index is 2.22. The molecule has 3 rings (SSSR count). The summed E-state index contributed by atoms with van der Waals surface area (Å²) in [6, 6.07) is 12.3. The Morgan fingerprint density at radius 1 is 0.895 bits per heavy atom. The lowest BCUT2D eigenvalue weighted by Crippen LogP contribution is -2.26. The van der Waals surface area contributed by atoms with Gasteiger partial charge in [-0.3, -0.25) is 4.98 Å². The minimum Gasteiger partial charge on any atom is -0.365 e. The van der Waals surface area contributed by atoms with Crippen molar-refractivity contribution >= 4 is 27.6 Å². The lowest BCUT2D eigenvalue weighted by atomic mass is 10.1. The maximum atomic E-state index is 4.72. The first kappa shape index (κ1) is 11.9. The van der Waals surface area contributed by atoms with Gasteiger partial charge < -0.3 is 5.32 Å². The zero-order chi connectivity index (χ0) is 13.5. The van der Waals surface area contributed by atoms with Crippen molar-refractivity contribution in [2.24, 2.45) is 0 Å². The molecule has 3 aromatic rings. The topological polar surface area (TPSA) is 37.8 Å². The number of nitrogens with one attached hydrogen (secondary N) is 1. The highest BCUT2D eigenvalue weighted by molar-refractivity contribution is 6.03. The van der Waals surface area contributed by atoms with Crippen LogP contribution in [0, 0.1) is 0 Å². The minimum atomic E-state index is -0.00130. The van der Waals surface area contributed by atoms with E-state index in [4.69, 9.17) is 4.98 Å². The van der Waals surface area contributed by atoms with E-state index >= 15 is 0 Å². The molecule has 0 unspecified atom stereocenters. The number of benzene rings is 1. The van der Waals surface area contributed by atoms with E-state index in [1.165, 1.54) is 0 Å². The van der Waals surface area contributed by atoms with Crippen LogP contribution < -0.4 is 5.32 Å². The van der Waals surface area contributed by atoms with Crippen LogP contribution in [-0.2, 0) is 0 Å². The van der Waals surface area contributed by atoms with Crippen molar-refractivity contribution in [1.29, 1.82) is 0 Å². The molecule has 3 heteroatoms. The van der Waals surface area contributed by atoms with Gasteiger partial charge in [0, 0.05) is 22.5 Å². The highest BCUT2D eigenvalue weighted by atomic mass is 15.0. The standard InChI is InChI=1S/C16H17N3/c1-16(2,3)19-13-9-8-12-7-6-11-5-4-10-17-14(11)15(12)18-13/h4-10H,1-3H3,(H,18,19). The monoisotopic (exact) mass is 251 g/mol. The summed E-state index contributed by atoms with van der Waals surface area (Å²) in [7, 11) is 0. The van der Waals surface area contributed by atoms with E-state index in [1.54, 1.807) is 0 Å². The summed E-state index contributed by atoms with van der Waals surface area (Å²) < 4.78 is 0. The summed E-state index contributed by atoms with van der Waals surface area (Å²) >= 11 is 0. The van der Waals surface area contributed by atoms with E-state index in [9.17, 15) is 0 Å². The predicted molar refractivity (Wildman–Crippen MR) is 80.4 cm³/mol. The molecule has 19 heavy (non-hydrogen) atoms. The van der Waals surface area contributed by atoms with Crippen molar-refractivity contribution in [1.82, 2.24) is 9.97 Å². The number of fused-ring (bicyclic) bond motifs is 3. The molecule has 0 atom stereocenters. The molecule has 0 saturated carbocycles. The summed E-state index contributed by atoms with van der Waals surface area (Å²) in [6.45, 7) is 6.38. The lowest BCUT2D eigenvalue weighted by molar-refractivity contribution is 0.631. The van der Waals surface area contributed by atoms with E-state index in [-0.39, 0.29) is 5.54 Å². The minimum absolute atomic E-state index is 0.00130. The zero-order valence-corrected chi connectivity index (χ0v) is 11.4. The van der Waals surface area contributed by atoms with E-state index in [1.807, 2.05) is 18.3 Å². The third-order valence-electron chi connectivity index (χ3n) is 2.94. The van der Waals surface area contributed by atoms with Crippen LogP contribution in [0.1, 0.15) is 20.8 Å². The molecular formula is C16H17N3. The largest absolute Gasteiger partial charge is 0.365 e. The summed E-state index contributed by atoms with van der Waals surface area (Å²) in [5.74, 6) is 0.887. The van der Waals surface area contributed by atoms with Crippen LogP contribution in [0.5, 0.6) is 0 Å². The lowest BCUT2D eigenvalue weighted by Gasteiger charge is -2.21. The van der Waals surface area contributed by atoms with E-state index in [0.29, 0.717) is 0 Å². The number of aromatic nitrogens is 2. The fourth-order valence-electron chi connectivity index (χ4n) is 2.18. The van der Waals surface area contributed by atoms with E-state index in [2.05, 4.69) is 55.3 Å². The summed E-state index contributed by atoms with van der Waals surface area (Å²) in [6.07, 6.45) is 1.81. The Morgan fingerprint density at radius 3 is 2.32 bits per heavy atom. The molecule has 0 spiro atoms. The van der Waals surface area contributed by atoms with Crippen molar-refractivity contribution in [2.45, 2.75) is 26.3 Å². The van der Waals surface area contributed by atoms with Crippen molar-refractivity contribution in [3.63, 3.8) is 0 Å². The van der Waals surface area contributed by atoms with Gasteiger partial charge in [0.05, 0.1) is 11.0 Å². The number of nitrogens with zero attached hydrogens (tertiary/aromatic N) is 2. The molecule has 0 fully saturated rings. The van der Waals surface area contributed by atoms with Gasteiger partial charge in [-0.25, -0.2) is 4.98 Å². The van der Waals surface area contributed by atoms with Crippen LogP contribution in [0.25, 0.3) is 21.8 Å². The third kappa shape index (κ3) is 2.36. The fourth-order valence-corrected chi connectivity index (χ4v) is 2.18. The molecule has 0 bridgehead atoms. The Labute approximate surface area is 112 Å². The molecule has 0 radical (unpaired) electrons. The summed E-state index contributed by atoms with van der Waals surface area (Å²) in [5, 5.41) is 5.64. The van der Waals surface area contributed by atoms with E-state index in [0.717, 1.165) is 27.6 Å². The number of hydrogen-bond acceptors (Lipinski definition) is 3. The van der Waals surface area contributed by atoms with Crippen molar-refractivity contribution in [2.75, 3.05) is 5.32 Å². The van der Waals surface area contributed by atoms with Gasteiger partial charge in [0.25, 0.3) is 0 Å². The maximum Gasteiger partial charge on any atom is 0.127 e. The number of pyridine rings is 2. The Morgan fingerprint density at radius 2 is 1.58 bits per heavy atom.